The predicted molar refractivity (Wildman–Crippen MR) is 114 cm³/mol. The Labute approximate surface area is 174 Å². The summed E-state index contributed by atoms with van der Waals surface area (Å²) in [5.74, 6) is 0.347. The fraction of sp³-hybridized carbons (Fsp3) is 0.0870. The molecule has 0 atom stereocenters. The first-order valence-corrected chi connectivity index (χ1v) is 9.17. The first-order valence-electron chi connectivity index (χ1n) is 9.17. The molecule has 0 aliphatic heterocycles. The van der Waals surface area contributed by atoms with E-state index in [9.17, 15) is 9.59 Å². The van der Waals surface area contributed by atoms with Gasteiger partial charge in [0, 0.05) is 29.0 Å². The number of urea groups is 1. The number of carbonyl (C=O) groups is 2. The van der Waals surface area contributed by atoms with E-state index in [4.69, 9.17) is 10.00 Å². The van der Waals surface area contributed by atoms with Gasteiger partial charge in [0.05, 0.1) is 18.7 Å². The molecule has 3 N–H and O–H groups in total. The molecule has 150 valence electrons. The van der Waals surface area contributed by atoms with Crippen molar-refractivity contribution in [1.82, 2.24) is 5.32 Å². The molecule has 3 rings (SSSR count). The standard InChI is InChI=1S/C23H20N4O3/c1-30-21-11-3-2-7-18(21)15-25-23(29)27-20-10-5-8-17(13-20)22(28)26-19-9-4-6-16(12-19)14-24/h2-13H,15H2,1H3,(H,26,28)(H2,25,27,29). The maximum atomic E-state index is 12.5. The molecule has 0 saturated heterocycles. The van der Waals surface area contributed by atoms with Crippen molar-refractivity contribution in [2.75, 3.05) is 17.7 Å². The zero-order valence-electron chi connectivity index (χ0n) is 16.3. The molecule has 0 saturated carbocycles. The number of hydrogen-bond donors (Lipinski definition) is 3. The number of benzene rings is 3. The van der Waals surface area contributed by atoms with E-state index in [1.165, 1.54) is 0 Å². The van der Waals surface area contributed by atoms with Gasteiger partial charge < -0.3 is 20.7 Å². The molecule has 30 heavy (non-hydrogen) atoms. The molecule has 7 nitrogen and oxygen atoms in total. The number of nitriles is 1. The number of hydrogen-bond acceptors (Lipinski definition) is 4. The predicted octanol–water partition coefficient (Wildman–Crippen LogP) is 4.14. The summed E-state index contributed by atoms with van der Waals surface area (Å²) in [6.45, 7) is 0.297. The third-order valence-electron chi connectivity index (χ3n) is 4.26. The average Bonchev–Trinajstić information content (AvgIpc) is 2.78. The van der Waals surface area contributed by atoms with Gasteiger partial charge in [-0.05, 0) is 42.5 Å². The lowest BCUT2D eigenvalue weighted by Crippen LogP contribution is -2.28. The second-order valence-electron chi connectivity index (χ2n) is 6.35. The normalized spacial score (nSPS) is 9.87. The molecule has 0 aliphatic carbocycles. The van der Waals surface area contributed by atoms with Crippen molar-refractivity contribution in [2.45, 2.75) is 6.54 Å². The molecule has 3 aromatic carbocycles. The van der Waals surface area contributed by atoms with Crippen molar-refractivity contribution in [1.29, 1.82) is 5.26 Å². The highest BCUT2D eigenvalue weighted by Gasteiger charge is 2.09. The minimum absolute atomic E-state index is 0.297. The maximum Gasteiger partial charge on any atom is 0.319 e. The Morgan fingerprint density at radius 1 is 0.933 bits per heavy atom. The Morgan fingerprint density at radius 2 is 1.67 bits per heavy atom. The van der Waals surface area contributed by atoms with Crippen LogP contribution in [0.3, 0.4) is 0 Å². The van der Waals surface area contributed by atoms with Gasteiger partial charge >= 0.3 is 6.03 Å². The van der Waals surface area contributed by atoms with Crippen LogP contribution in [0.2, 0.25) is 0 Å². The molecule has 0 radical (unpaired) electrons. The van der Waals surface area contributed by atoms with Gasteiger partial charge in [-0.1, -0.05) is 30.3 Å². The monoisotopic (exact) mass is 400 g/mol. The molecule has 0 fully saturated rings. The number of methoxy groups -OCH3 is 1. The lowest BCUT2D eigenvalue weighted by molar-refractivity contribution is 0.102. The Hall–Kier alpha value is -4.31. The zero-order chi connectivity index (χ0) is 21.3. The second kappa shape index (κ2) is 9.75. The average molecular weight is 400 g/mol. The molecule has 3 aromatic rings. The van der Waals surface area contributed by atoms with E-state index in [0.29, 0.717) is 34.8 Å². The first kappa shape index (κ1) is 20.4. The highest BCUT2D eigenvalue weighted by molar-refractivity contribution is 6.05. The molecule has 0 unspecified atom stereocenters. The van der Waals surface area contributed by atoms with Gasteiger partial charge in [-0.25, -0.2) is 4.79 Å². The summed E-state index contributed by atoms with van der Waals surface area (Å²) in [6, 6.07) is 22.3. The largest absolute Gasteiger partial charge is 0.496 e. The molecule has 0 heterocycles. The quantitative estimate of drug-likeness (QED) is 0.578. The molecule has 7 heteroatoms. The van der Waals surface area contributed by atoms with Crippen LogP contribution in [0.1, 0.15) is 21.5 Å². The van der Waals surface area contributed by atoms with Crippen LogP contribution in [0, 0.1) is 11.3 Å². The summed E-state index contributed by atoms with van der Waals surface area (Å²) in [5, 5.41) is 17.2. The fourth-order valence-corrected chi connectivity index (χ4v) is 2.81. The van der Waals surface area contributed by atoms with Crippen LogP contribution in [0.15, 0.2) is 72.8 Å². The molecule has 0 aliphatic rings. The van der Waals surface area contributed by atoms with Crippen molar-refractivity contribution in [3.63, 3.8) is 0 Å². The summed E-state index contributed by atoms with van der Waals surface area (Å²) in [7, 11) is 1.58. The van der Waals surface area contributed by atoms with Gasteiger partial charge in [-0.15, -0.1) is 0 Å². The highest BCUT2D eigenvalue weighted by atomic mass is 16.5. The molecule has 0 spiro atoms. The molecule has 0 aromatic heterocycles. The van der Waals surface area contributed by atoms with E-state index < -0.39 is 6.03 Å². The highest BCUT2D eigenvalue weighted by Crippen LogP contribution is 2.17. The summed E-state index contributed by atoms with van der Waals surface area (Å²) >= 11 is 0. The van der Waals surface area contributed by atoms with Crippen LogP contribution >= 0.6 is 0 Å². The molecular formula is C23H20N4O3. The third-order valence-corrected chi connectivity index (χ3v) is 4.26. The van der Waals surface area contributed by atoms with E-state index in [1.807, 2.05) is 30.3 Å². The number of para-hydroxylation sites is 1. The fourth-order valence-electron chi connectivity index (χ4n) is 2.81. The molecule has 3 amide bonds. The number of ether oxygens (including phenoxy) is 1. The van der Waals surface area contributed by atoms with E-state index in [2.05, 4.69) is 16.0 Å². The van der Waals surface area contributed by atoms with Crippen LogP contribution in [-0.2, 0) is 6.54 Å². The van der Waals surface area contributed by atoms with Gasteiger partial charge in [0.25, 0.3) is 5.91 Å². The van der Waals surface area contributed by atoms with E-state index in [0.717, 1.165) is 5.56 Å². The summed E-state index contributed by atoms with van der Waals surface area (Å²) in [4.78, 5) is 24.7. The van der Waals surface area contributed by atoms with Crippen molar-refractivity contribution in [2.24, 2.45) is 0 Å². The van der Waals surface area contributed by atoms with Gasteiger partial charge in [0.1, 0.15) is 5.75 Å². The summed E-state index contributed by atoms with van der Waals surface area (Å²) < 4.78 is 5.27. The molecule has 0 bridgehead atoms. The summed E-state index contributed by atoms with van der Waals surface area (Å²) in [6.07, 6.45) is 0. The number of amides is 3. The molecular weight excluding hydrogens is 380 g/mol. The third kappa shape index (κ3) is 5.36. The first-order chi connectivity index (χ1) is 14.6. The van der Waals surface area contributed by atoms with Crippen LogP contribution in [0.25, 0.3) is 0 Å². The number of rotatable bonds is 6. The maximum absolute atomic E-state index is 12.5. The van der Waals surface area contributed by atoms with Crippen LogP contribution in [-0.4, -0.2) is 19.0 Å². The van der Waals surface area contributed by atoms with Crippen LogP contribution in [0.5, 0.6) is 5.75 Å². The topological polar surface area (TPSA) is 103 Å². The smallest absolute Gasteiger partial charge is 0.319 e. The van der Waals surface area contributed by atoms with E-state index >= 15 is 0 Å². The minimum Gasteiger partial charge on any atom is -0.496 e. The Kier molecular flexibility index (Phi) is 6.64. The second-order valence-corrected chi connectivity index (χ2v) is 6.35. The Balaban J connectivity index is 1.61. The lowest BCUT2D eigenvalue weighted by atomic mass is 10.1. The van der Waals surface area contributed by atoms with Gasteiger partial charge in [0.15, 0.2) is 0 Å². The van der Waals surface area contributed by atoms with Gasteiger partial charge in [-0.3, -0.25) is 4.79 Å². The summed E-state index contributed by atoms with van der Waals surface area (Å²) in [5.41, 5.74) is 2.68. The van der Waals surface area contributed by atoms with Crippen LogP contribution in [0.4, 0.5) is 16.2 Å². The Morgan fingerprint density at radius 3 is 2.43 bits per heavy atom. The van der Waals surface area contributed by atoms with Gasteiger partial charge in [-0.2, -0.15) is 5.26 Å². The number of anilines is 2. The number of nitrogens with zero attached hydrogens (tertiary/aromatic N) is 1. The van der Waals surface area contributed by atoms with Crippen molar-refractivity contribution in [3.8, 4) is 11.8 Å². The zero-order valence-corrected chi connectivity index (χ0v) is 16.3. The van der Waals surface area contributed by atoms with E-state index in [1.54, 1.807) is 55.6 Å². The Bertz CT molecular complexity index is 1110. The SMILES string of the molecule is COc1ccccc1CNC(=O)Nc1cccc(C(=O)Nc2cccc(C#N)c2)c1. The van der Waals surface area contributed by atoms with Crippen molar-refractivity contribution >= 4 is 23.3 Å². The number of carbonyl (C=O) groups excluding carboxylic acids is 2. The van der Waals surface area contributed by atoms with Crippen LogP contribution < -0.4 is 20.7 Å². The minimum atomic E-state index is -0.403. The van der Waals surface area contributed by atoms with Crippen molar-refractivity contribution in [3.05, 3.63) is 89.5 Å². The lowest BCUT2D eigenvalue weighted by Gasteiger charge is -2.11. The van der Waals surface area contributed by atoms with Gasteiger partial charge in [0.2, 0.25) is 0 Å². The number of nitrogens with one attached hydrogen (secondary N) is 3. The van der Waals surface area contributed by atoms with E-state index in [-0.39, 0.29) is 5.91 Å². The van der Waals surface area contributed by atoms with Crippen molar-refractivity contribution < 1.29 is 14.3 Å².